The van der Waals surface area contributed by atoms with Gasteiger partial charge in [-0.2, -0.15) is 0 Å². The Morgan fingerprint density at radius 3 is 2.00 bits per heavy atom. The van der Waals surface area contributed by atoms with Crippen LogP contribution in [0.25, 0.3) is 0 Å². The second kappa shape index (κ2) is 3.92. The fourth-order valence-electron chi connectivity index (χ4n) is 1.10. The van der Waals surface area contributed by atoms with Crippen LogP contribution in [0.15, 0.2) is 29.2 Å². The Morgan fingerprint density at radius 2 is 1.64 bits per heavy atom. The summed E-state index contributed by atoms with van der Waals surface area (Å²) in [6, 6.07) is 6.36. The first kappa shape index (κ1) is 10.9. The molecule has 0 amide bonds. The molecule has 1 rings (SSSR count). The minimum atomic E-state index is -3.72. The molecule has 0 aliphatic heterocycles. The highest BCUT2D eigenvalue weighted by atomic mass is 32.2. The second-order valence-corrected chi connectivity index (χ2v) is 5.12. The van der Waals surface area contributed by atoms with Crippen LogP contribution in [0.1, 0.15) is 25.3 Å². The van der Waals surface area contributed by atoms with E-state index in [2.05, 4.69) is 0 Å². The first-order chi connectivity index (χ1) is 6.47. The van der Waals surface area contributed by atoms with Crippen LogP contribution in [-0.4, -0.2) is 14.0 Å². The third-order valence-corrected chi connectivity index (χ3v) is 3.18. The Labute approximate surface area is 83.7 Å². The molecular weight excluding hydrogens is 200 g/mol. The number of hydrogen-bond donors (Lipinski definition) is 0. The molecule has 0 fully saturated rings. The maximum absolute atomic E-state index is 11.1. The van der Waals surface area contributed by atoms with E-state index in [1.165, 1.54) is 12.1 Å². The van der Waals surface area contributed by atoms with Crippen LogP contribution in [-0.2, 0) is 14.6 Å². The highest BCUT2D eigenvalue weighted by molar-refractivity contribution is 8.04. The Bertz CT molecular complexity index is 415. The van der Waals surface area contributed by atoms with Gasteiger partial charge < -0.3 is 0 Å². The molecule has 0 saturated heterocycles. The van der Waals surface area contributed by atoms with Crippen LogP contribution < -0.4 is 0 Å². The minimum absolute atomic E-state index is 0.0304. The standard InChI is InChI=1S/C10H12O3S/c1-8(2)9-3-5-10(6-4-9)14(12,13)7-11/h3-8H,1-2H3. The lowest BCUT2D eigenvalue weighted by molar-refractivity contribution is 0.556. The maximum atomic E-state index is 11.1. The predicted octanol–water partition coefficient (Wildman–Crippen LogP) is 1.77. The third-order valence-electron chi connectivity index (χ3n) is 2.00. The van der Waals surface area contributed by atoms with Crippen molar-refractivity contribution < 1.29 is 13.2 Å². The minimum Gasteiger partial charge on any atom is -0.285 e. The third kappa shape index (κ3) is 2.20. The van der Waals surface area contributed by atoms with Crippen LogP contribution in [0.4, 0.5) is 0 Å². The molecule has 0 aliphatic rings. The van der Waals surface area contributed by atoms with Crippen LogP contribution in [0, 0.1) is 0 Å². The smallest absolute Gasteiger partial charge is 0.238 e. The normalized spacial score (nSPS) is 11.6. The molecule has 4 heteroatoms. The van der Waals surface area contributed by atoms with Crippen LogP contribution in [0.2, 0.25) is 0 Å². The Kier molecular flexibility index (Phi) is 3.06. The summed E-state index contributed by atoms with van der Waals surface area (Å²) < 4.78 is 22.2. The molecule has 3 nitrogen and oxygen atoms in total. The molecule has 0 heterocycles. The zero-order valence-electron chi connectivity index (χ0n) is 8.10. The average molecular weight is 212 g/mol. The predicted molar refractivity (Wildman–Crippen MR) is 54.5 cm³/mol. The first-order valence-electron chi connectivity index (χ1n) is 4.27. The van der Waals surface area contributed by atoms with Crippen molar-refractivity contribution in [1.29, 1.82) is 0 Å². The summed E-state index contributed by atoms with van der Waals surface area (Å²) >= 11 is 0. The Morgan fingerprint density at radius 1 is 1.14 bits per heavy atom. The van der Waals surface area contributed by atoms with Crippen LogP contribution in [0.5, 0.6) is 0 Å². The van der Waals surface area contributed by atoms with Gasteiger partial charge in [0.15, 0.2) is 0 Å². The summed E-state index contributed by atoms with van der Waals surface area (Å²) in [5.74, 6) is 0.350. The molecule has 0 unspecified atom stereocenters. The van der Waals surface area contributed by atoms with Gasteiger partial charge in [0.2, 0.25) is 15.5 Å². The number of carbonyl (C=O) groups excluding carboxylic acids is 1. The monoisotopic (exact) mass is 212 g/mol. The summed E-state index contributed by atoms with van der Waals surface area (Å²) in [5, 5.41) is 0. The van der Waals surface area contributed by atoms with Crippen molar-refractivity contribution >= 4 is 15.5 Å². The SMILES string of the molecule is CC(C)c1ccc(S(=O)(=O)C=O)cc1. The van der Waals surface area contributed by atoms with E-state index in [0.717, 1.165) is 5.56 Å². The number of carbonyl (C=O) groups is 1. The molecule has 14 heavy (non-hydrogen) atoms. The first-order valence-corrected chi connectivity index (χ1v) is 5.82. The highest BCUT2D eigenvalue weighted by Crippen LogP contribution is 2.17. The van der Waals surface area contributed by atoms with Crippen LogP contribution >= 0.6 is 0 Å². The lowest BCUT2D eigenvalue weighted by Gasteiger charge is -2.04. The summed E-state index contributed by atoms with van der Waals surface area (Å²) in [6.45, 7) is 4.03. The quantitative estimate of drug-likeness (QED) is 0.717. The molecule has 0 bridgehead atoms. The van der Waals surface area contributed by atoms with Gasteiger partial charge in [-0.1, -0.05) is 26.0 Å². The summed E-state index contributed by atoms with van der Waals surface area (Å²) in [4.78, 5) is 10.3. The van der Waals surface area contributed by atoms with Gasteiger partial charge in [-0.05, 0) is 23.6 Å². The van der Waals surface area contributed by atoms with Crippen LogP contribution in [0.3, 0.4) is 0 Å². The summed E-state index contributed by atoms with van der Waals surface area (Å²) in [6.07, 6.45) is 0. The van der Waals surface area contributed by atoms with Crippen molar-refractivity contribution in [1.82, 2.24) is 0 Å². The fraction of sp³-hybridized carbons (Fsp3) is 0.300. The van der Waals surface area contributed by atoms with Gasteiger partial charge in [0.25, 0.3) is 0 Å². The van der Waals surface area contributed by atoms with Gasteiger partial charge in [0.1, 0.15) is 0 Å². The lowest BCUT2D eigenvalue weighted by Crippen LogP contribution is -2.01. The topological polar surface area (TPSA) is 51.2 Å². The second-order valence-electron chi connectivity index (χ2n) is 3.36. The van der Waals surface area contributed by atoms with Crippen molar-refractivity contribution in [2.24, 2.45) is 0 Å². The molecule has 76 valence electrons. The molecule has 0 N–H and O–H groups in total. The van der Waals surface area contributed by atoms with E-state index in [0.29, 0.717) is 5.92 Å². The number of hydrogen-bond acceptors (Lipinski definition) is 3. The highest BCUT2D eigenvalue weighted by Gasteiger charge is 2.12. The Balaban J connectivity index is 3.12. The van der Waals surface area contributed by atoms with Gasteiger partial charge in [0.05, 0.1) is 4.90 Å². The van der Waals surface area contributed by atoms with Gasteiger partial charge in [0, 0.05) is 0 Å². The molecule has 0 aromatic heterocycles. The van der Waals surface area contributed by atoms with Gasteiger partial charge in [-0.25, -0.2) is 8.42 Å². The van der Waals surface area contributed by atoms with E-state index in [-0.39, 0.29) is 10.5 Å². The van der Waals surface area contributed by atoms with Gasteiger partial charge in [-0.3, -0.25) is 4.79 Å². The summed E-state index contributed by atoms with van der Waals surface area (Å²) in [5.41, 5.74) is 1.02. The fourth-order valence-corrected chi connectivity index (χ4v) is 1.72. The Hall–Kier alpha value is -1.16. The van der Waals surface area contributed by atoms with E-state index in [1.807, 2.05) is 13.8 Å². The molecule has 0 atom stereocenters. The largest absolute Gasteiger partial charge is 0.285 e. The molecule has 0 saturated carbocycles. The molecule has 1 aromatic carbocycles. The lowest BCUT2D eigenvalue weighted by atomic mass is 10.0. The maximum Gasteiger partial charge on any atom is 0.238 e. The molecule has 0 spiro atoms. The van der Waals surface area contributed by atoms with Crippen molar-refractivity contribution in [2.75, 3.05) is 0 Å². The molecule has 1 aromatic rings. The van der Waals surface area contributed by atoms with Crippen molar-refractivity contribution in [3.05, 3.63) is 29.8 Å². The van der Waals surface area contributed by atoms with E-state index in [4.69, 9.17) is 0 Å². The van der Waals surface area contributed by atoms with Gasteiger partial charge in [-0.15, -0.1) is 0 Å². The molecular formula is C10H12O3S. The van der Waals surface area contributed by atoms with Crippen molar-refractivity contribution in [3.63, 3.8) is 0 Å². The van der Waals surface area contributed by atoms with Crippen molar-refractivity contribution in [3.8, 4) is 0 Å². The average Bonchev–Trinajstić information content (AvgIpc) is 2.18. The molecule has 0 radical (unpaired) electrons. The van der Waals surface area contributed by atoms with Gasteiger partial charge >= 0.3 is 0 Å². The number of benzene rings is 1. The zero-order valence-corrected chi connectivity index (χ0v) is 8.91. The number of rotatable bonds is 3. The van der Waals surface area contributed by atoms with E-state index in [9.17, 15) is 13.2 Å². The van der Waals surface area contributed by atoms with E-state index >= 15 is 0 Å². The zero-order chi connectivity index (χ0) is 10.8. The number of sulfone groups is 1. The van der Waals surface area contributed by atoms with E-state index in [1.54, 1.807) is 12.1 Å². The van der Waals surface area contributed by atoms with E-state index < -0.39 is 9.84 Å². The summed E-state index contributed by atoms with van der Waals surface area (Å²) in [7, 11) is -3.72. The van der Waals surface area contributed by atoms with Crippen molar-refractivity contribution in [2.45, 2.75) is 24.7 Å². The molecule has 0 aliphatic carbocycles.